The van der Waals surface area contributed by atoms with Gasteiger partial charge >= 0.3 is 0 Å². The number of para-hydroxylation sites is 1. The molecule has 0 fully saturated rings. The van der Waals surface area contributed by atoms with Gasteiger partial charge in [-0.05, 0) is 30.3 Å². The Balaban J connectivity index is 1.64. The molecule has 3 rings (SSSR count). The molecule has 2 amide bonds. The molecule has 7 nitrogen and oxygen atoms in total. The van der Waals surface area contributed by atoms with Crippen molar-refractivity contribution in [1.29, 1.82) is 0 Å². The highest BCUT2D eigenvalue weighted by Crippen LogP contribution is 2.27. The first kappa shape index (κ1) is 18.9. The van der Waals surface area contributed by atoms with E-state index in [0.29, 0.717) is 17.1 Å². The number of fused-ring (bicyclic) bond motifs is 1. The van der Waals surface area contributed by atoms with Crippen molar-refractivity contribution in [2.45, 2.75) is 0 Å². The van der Waals surface area contributed by atoms with E-state index >= 15 is 0 Å². The summed E-state index contributed by atoms with van der Waals surface area (Å²) in [5, 5.41) is 0.979. The van der Waals surface area contributed by atoms with Crippen molar-refractivity contribution in [3.8, 4) is 11.5 Å². The summed E-state index contributed by atoms with van der Waals surface area (Å²) < 4.78 is 10.3. The fourth-order valence-electron chi connectivity index (χ4n) is 2.64. The Labute approximate surface area is 162 Å². The average molecular weight is 377 g/mol. The number of hydrogen-bond acceptors (Lipinski definition) is 5. The fourth-order valence-corrected chi connectivity index (χ4v) is 2.64. The molecule has 28 heavy (non-hydrogen) atoms. The lowest BCUT2D eigenvalue weighted by Gasteiger charge is -2.10. The maximum Gasteiger partial charge on any atom is 0.269 e. The van der Waals surface area contributed by atoms with Crippen molar-refractivity contribution in [2.75, 3.05) is 14.2 Å². The van der Waals surface area contributed by atoms with Crippen molar-refractivity contribution >= 4 is 28.8 Å². The summed E-state index contributed by atoms with van der Waals surface area (Å²) >= 11 is 0. The van der Waals surface area contributed by atoms with Crippen LogP contribution in [0.15, 0.2) is 60.8 Å². The summed E-state index contributed by atoms with van der Waals surface area (Å²) in [6.07, 6.45) is 4.68. The quantitative estimate of drug-likeness (QED) is 0.527. The van der Waals surface area contributed by atoms with Crippen LogP contribution in [-0.2, 0) is 4.79 Å². The van der Waals surface area contributed by atoms with E-state index < -0.39 is 11.8 Å². The SMILES string of the molecule is COc1ccc(C(=O)NNC(=O)/C=C/c2cccc3cccnc23)cc1OC. The molecule has 142 valence electrons. The van der Waals surface area contributed by atoms with Gasteiger partial charge in [0.2, 0.25) is 0 Å². The maximum absolute atomic E-state index is 12.2. The van der Waals surface area contributed by atoms with Crippen LogP contribution in [-0.4, -0.2) is 31.0 Å². The topological polar surface area (TPSA) is 89.6 Å². The highest BCUT2D eigenvalue weighted by Gasteiger charge is 2.11. The number of hydrogen-bond donors (Lipinski definition) is 2. The fraction of sp³-hybridized carbons (Fsp3) is 0.0952. The third kappa shape index (κ3) is 4.27. The second-order valence-corrected chi connectivity index (χ2v) is 5.77. The van der Waals surface area contributed by atoms with Crippen molar-refractivity contribution in [3.63, 3.8) is 0 Å². The van der Waals surface area contributed by atoms with Gasteiger partial charge < -0.3 is 9.47 Å². The Morgan fingerprint density at radius 2 is 1.75 bits per heavy atom. The van der Waals surface area contributed by atoms with E-state index in [1.54, 1.807) is 24.4 Å². The molecule has 2 N–H and O–H groups in total. The van der Waals surface area contributed by atoms with Crippen LogP contribution < -0.4 is 20.3 Å². The zero-order chi connectivity index (χ0) is 19.9. The Morgan fingerprint density at radius 1 is 0.964 bits per heavy atom. The number of hydrazine groups is 1. The average Bonchev–Trinajstić information content (AvgIpc) is 2.75. The number of carbonyl (C=O) groups is 2. The molecule has 0 saturated heterocycles. The lowest BCUT2D eigenvalue weighted by atomic mass is 10.1. The predicted octanol–water partition coefficient (Wildman–Crippen LogP) is 2.73. The molecule has 7 heteroatoms. The number of carbonyl (C=O) groups excluding carboxylic acids is 2. The molecular formula is C21H19N3O4. The van der Waals surface area contributed by atoms with E-state index in [2.05, 4.69) is 15.8 Å². The molecule has 0 aliphatic rings. The van der Waals surface area contributed by atoms with E-state index in [1.807, 2.05) is 30.3 Å². The summed E-state index contributed by atoms with van der Waals surface area (Å²) in [5.74, 6) is -0.0177. The van der Waals surface area contributed by atoms with E-state index in [-0.39, 0.29) is 0 Å². The van der Waals surface area contributed by atoms with Crippen LogP contribution in [0.1, 0.15) is 15.9 Å². The third-order valence-electron chi connectivity index (χ3n) is 4.02. The first-order valence-electron chi connectivity index (χ1n) is 8.46. The van der Waals surface area contributed by atoms with Gasteiger partial charge in [0.15, 0.2) is 11.5 Å². The number of benzene rings is 2. The molecule has 0 unspecified atom stereocenters. The summed E-state index contributed by atoms with van der Waals surface area (Å²) in [6.45, 7) is 0. The summed E-state index contributed by atoms with van der Waals surface area (Å²) in [7, 11) is 2.99. The Kier molecular flexibility index (Phi) is 5.86. The number of nitrogens with one attached hydrogen (secondary N) is 2. The minimum atomic E-state index is -0.477. The minimum Gasteiger partial charge on any atom is -0.493 e. The second kappa shape index (κ2) is 8.68. The van der Waals surface area contributed by atoms with Crippen LogP contribution in [0.5, 0.6) is 11.5 Å². The van der Waals surface area contributed by atoms with Crippen LogP contribution in [0, 0.1) is 0 Å². The molecule has 0 spiro atoms. The molecular weight excluding hydrogens is 358 g/mol. The first-order valence-corrected chi connectivity index (χ1v) is 8.46. The number of ether oxygens (including phenoxy) is 2. The minimum absolute atomic E-state index is 0.320. The summed E-state index contributed by atoms with van der Waals surface area (Å²) in [4.78, 5) is 28.6. The van der Waals surface area contributed by atoms with Crippen LogP contribution in [0.2, 0.25) is 0 Å². The van der Waals surface area contributed by atoms with Crippen LogP contribution in [0.25, 0.3) is 17.0 Å². The van der Waals surface area contributed by atoms with Crippen molar-refractivity contribution in [2.24, 2.45) is 0 Å². The predicted molar refractivity (Wildman–Crippen MR) is 106 cm³/mol. The molecule has 1 heterocycles. The van der Waals surface area contributed by atoms with Gasteiger partial charge in [-0.3, -0.25) is 25.4 Å². The summed E-state index contributed by atoms with van der Waals surface area (Å²) in [5.41, 5.74) is 6.63. The monoisotopic (exact) mass is 377 g/mol. The molecule has 1 aromatic heterocycles. The van der Waals surface area contributed by atoms with Gasteiger partial charge in [-0.2, -0.15) is 0 Å². The highest BCUT2D eigenvalue weighted by atomic mass is 16.5. The molecule has 0 saturated carbocycles. The zero-order valence-corrected chi connectivity index (χ0v) is 15.4. The van der Waals surface area contributed by atoms with Crippen molar-refractivity contribution in [3.05, 3.63) is 71.9 Å². The zero-order valence-electron chi connectivity index (χ0n) is 15.4. The summed E-state index contributed by atoms with van der Waals surface area (Å²) in [6, 6.07) is 14.2. The molecule has 3 aromatic rings. The van der Waals surface area contributed by atoms with E-state index in [1.165, 1.54) is 26.4 Å². The van der Waals surface area contributed by atoms with Gasteiger partial charge in [-0.1, -0.05) is 24.3 Å². The maximum atomic E-state index is 12.2. The van der Waals surface area contributed by atoms with Crippen LogP contribution >= 0.6 is 0 Å². The smallest absolute Gasteiger partial charge is 0.269 e. The van der Waals surface area contributed by atoms with Gasteiger partial charge in [-0.15, -0.1) is 0 Å². The largest absolute Gasteiger partial charge is 0.493 e. The third-order valence-corrected chi connectivity index (χ3v) is 4.02. The molecule has 2 aromatic carbocycles. The lowest BCUT2D eigenvalue weighted by molar-refractivity contribution is -0.117. The van der Waals surface area contributed by atoms with Crippen molar-refractivity contribution < 1.29 is 19.1 Å². The molecule has 0 aliphatic carbocycles. The Bertz CT molecular complexity index is 1040. The standard InChI is InChI=1S/C21H19N3O4/c1-27-17-10-8-16(13-18(17)28-2)21(26)24-23-19(25)11-9-15-6-3-5-14-7-4-12-22-20(14)15/h3-13H,1-2H3,(H,23,25)(H,24,26)/b11-9+. The van der Waals surface area contributed by atoms with Gasteiger partial charge in [0.1, 0.15) is 0 Å². The Morgan fingerprint density at radius 3 is 2.54 bits per heavy atom. The number of nitrogens with zero attached hydrogens (tertiary/aromatic N) is 1. The van der Waals surface area contributed by atoms with E-state index in [9.17, 15) is 9.59 Å². The molecule has 0 atom stereocenters. The highest BCUT2D eigenvalue weighted by molar-refractivity contribution is 5.99. The number of amides is 2. The number of rotatable bonds is 5. The molecule has 0 bridgehead atoms. The first-order chi connectivity index (χ1) is 13.6. The van der Waals surface area contributed by atoms with E-state index in [4.69, 9.17) is 9.47 Å². The number of methoxy groups -OCH3 is 2. The van der Waals surface area contributed by atoms with E-state index in [0.717, 1.165) is 16.5 Å². The molecule has 0 radical (unpaired) electrons. The van der Waals surface area contributed by atoms with Crippen LogP contribution in [0.4, 0.5) is 0 Å². The van der Waals surface area contributed by atoms with Crippen molar-refractivity contribution in [1.82, 2.24) is 15.8 Å². The number of pyridine rings is 1. The normalized spacial score (nSPS) is 10.6. The second-order valence-electron chi connectivity index (χ2n) is 5.77. The van der Waals surface area contributed by atoms with Crippen LogP contribution in [0.3, 0.4) is 0 Å². The number of aromatic nitrogens is 1. The Hall–Kier alpha value is -3.87. The van der Waals surface area contributed by atoms with Gasteiger partial charge in [-0.25, -0.2) is 0 Å². The van der Waals surface area contributed by atoms with Gasteiger partial charge in [0.05, 0.1) is 19.7 Å². The van der Waals surface area contributed by atoms with Gasteiger partial charge in [0.25, 0.3) is 11.8 Å². The van der Waals surface area contributed by atoms with Gasteiger partial charge in [0, 0.05) is 28.8 Å². The lowest BCUT2D eigenvalue weighted by Crippen LogP contribution is -2.40. The molecule has 0 aliphatic heterocycles.